The molecular formula is C29H38ClN6P. The molecule has 3 aromatic rings. The van der Waals surface area contributed by atoms with Crippen LogP contribution in [-0.4, -0.2) is 61.4 Å². The topological polar surface area (TPSA) is 56.3 Å². The van der Waals surface area contributed by atoms with Gasteiger partial charge in [-0.25, -0.2) is 4.98 Å². The second kappa shape index (κ2) is 10.8. The Hall–Kier alpha value is -2.40. The number of halogens is 1. The lowest BCUT2D eigenvalue weighted by atomic mass is 9.67. The summed E-state index contributed by atoms with van der Waals surface area (Å²) >= 11 is 6.45. The predicted molar refractivity (Wildman–Crippen MR) is 160 cm³/mol. The molecule has 2 heterocycles. The Kier molecular flexibility index (Phi) is 7.63. The molecule has 6 nitrogen and oxygen atoms in total. The van der Waals surface area contributed by atoms with Crippen LogP contribution in [0.5, 0.6) is 0 Å². The SMILES string of the molecule is Cc1cc(Nc2ncc(Cl)c(Nc3ccccc3P(C)C)n2)ccc1N1CC2(CCC(N(C)C)CC2)C1. The second-order valence-electron chi connectivity index (χ2n) is 11.1. The standard InChI is InChI=1S/C29H38ClN6P/c1-20-16-21(10-11-25(20)36-18-29(19-36)14-12-22(13-15-29)35(2)3)32-28-31-17-23(30)27(34-28)33-24-8-6-7-9-26(24)37(4)5/h6-11,16-17,22H,12-15,18-19H2,1-5H3,(H2,31,32,33,34). The van der Waals surface area contributed by atoms with Crippen molar-refractivity contribution in [1.29, 1.82) is 0 Å². The Morgan fingerprint density at radius 3 is 2.46 bits per heavy atom. The number of hydrogen-bond donors (Lipinski definition) is 2. The third kappa shape index (κ3) is 5.72. The average molecular weight is 537 g/mol. The van der Waals surface area contributed by atoms with Gasteiger partial charge < -0.3 is 20.4 Å². The number of aryl methyl sites for hydroxylation is 1. The fourth-order valence-corrected chi connectivity index (χ4v) is 6.95. The van der Waals surface area contributed by atoms with Gasteiger partial charge in [0.15, 0.2) is 5.82 Å². The summed E-state index contributed by atoms with van der Waals surface area (Å²) in [6.07, 6.45) is 6.99. The van der Waals surface area contributed by atoms with Crippen molar-refractivity contribution < 1.29 is 0 Å². The van der Waals surface area contributed by atoms with E-state index in [2.05, 4.69) is 101 Å². The van der Waals surface area contributed by atoms with E-state index in [1.54, 1.807) is 6.20 Å². The maximum Gasteiger partial charge on any atom is 0.229 e. The third-order valence-corrected chi connectivity index (χ3v) is 9.61. The Morgan fingerprint density at radius 1 is 1.05 bits per heavy atom. The molecule has 1 aliphatic carbocycles. The Balaban J connectivity index is 1.24. The maximum atomic E-state index is 6.45. The first-order chi connectivity index (χ1) is 17.7. The van der Waals surface area contributed by atoms with Gasteiger partial charge >= 0.3 is 0 Å². The molecule has 2 fully saturated rings. The van der Waals surface area contributed by atoms with E-state index in [1.165, 1.54) is 55.3 Å². The van der Waals surface area contributed by atoms with Crippen molar-refractivity contribution >= 4 is 53.7 Å². The van der Waals surface area contributed by atoms with Crippen molar-refractivity contribution in [2.45, 2.75) is 38.6 Å². The third-order valence-electron chi connectivity index (χ3n) is 7.98. The summed E-state index contributed by atoms with van der Waals surface area (Å²) in [6, 6.07) is 15.6. The first kappa shape index (κ1) is 26.2. The van der Waals surface area contributed by atoms with E-state index in [0.29, 0.717) is 22.2 Å². The molecule has 1 saturated heterocycles. The Bertz CT molecular complexity index is 1250. The molecular weight excluding hydrogens is 499 g/mol. The molecule has 2 N–H and O–H groups in total. The summed E-state index contributed by atoms with van der Waals surface area (Å²) < 4.78 is 0. The monoisotopic (exact) mass is 536 g/mol. The minimum atomic E-state index is -0.260. The van der Waals surface area contributed by atoms with Crippen molar-refractivity contribution in [3.05, 3.63) is 59.2 Å². The van der Waals surface area contributed by atoms with Crippen molar-refractivity contribution in [2.75, 3.05) is 56.0 Å². The molecule has 2 aliphatic rings. The lowest BCUT2D eigenvalue weighted by molar-refractivity contribution is 0.0887. The van der Waals surface area contributed by atoms with E-state index in [1.807, 2.05) is 6.07 Å². The van der Waals surface area contributed by atoms with Crippen molar-refractivity contribution in [1.82, 2.24) is 14.9 Å². The highest BCUT2D eigenvalue weighted by Gasteiger charge is 2.45. The van der Waals surface area contributed by atoms with Crippen molar-refractivity contribution in [2.24, 2.45) is 5.41 Å². The number of aromatic nitrogens is 2. The number of rotatable bonds is 7. The van der Waals surface area contributed by atoms with Gasteiger partial charge in [-0.05, 0) is 95.2 Å². The van der Waals surface area contributed by atoms with Crippen LogP contribution in [0.4, 0.5) is 28.8 Å². The first-order valence-electron chi connectivity index (χ1n) is 13.1. The molecule has 0 bridgehead atoms. The van der Waals surface area contributed by atoms with Crippen molar-refractivity contribution in [3.8, 4) is 0 Å². The summed E-state index contributed by atoms with van der Waals surface area (Å²) in [6.45, 7) is 9.03. The highest BCUT2D eigenvalue weighted by atomic mass is 35.5. The highest BCUT2D eigenvalue weighted by Crippen LogP contribution is 2.47. The van der Waals surface area contributed by atoms with Crippen LogP contribution in [0.1, 0.15) is 31.2 Å². The molecule has 1 spiro atoms. The van der Waals surface area contributed by atoms with E-state index in [-0.39, 0.29) is 7.92 Å². The van der Waals surface area contributed by atoms with Crippen molar-refractivity contribution in [3.63, 3.8) is 0 Å². The molecule has 8 heteroatoms. The van der Waals surface area contributed by atoms with Crippen LogP contribution < -0.4 is 20.8 Å². The normalized spacial score (nSPS) is 17.4. The van der Waals surface area contributed by atoms with Gasteiger partial charge in [-0.2, -0.15) is 4.98 Å². The maximum absolute atomic E-state index is 6.45. The second-order valence-corrected chi connectivity index (χ2v) is 13.8. The van der Waals surface area contributed by atoms with Gasteiger partial charge in [-0.1, -0.05) is 37.7 Å². The molecule has 196 valence electrons. The van der Waals surface area contributed by atoms with Crippen LogP contribution in [0.25, 0.3) is 0 Å². The zero-order valence-electron chi connectivity index (χ0n) is 22.6. The summed E-state index contributed by atoms with van der Waals surface area (Å²) in [5.74, 6) is 1.12. The quantitative estimate of drug-likeness (QED) is 0.332. The van der Waals surface area contributed by atoms with E-state index < -0.39 is 0 Å². The summed E-state index contributed by atoms with van der Waals surface area (Å²) in [4.78, 5) is 14.0. The number of anilines is 5. The molecule has 0 atom stereocenters. The molecule has 0 unspecified atom stereocenters. The largest absolute Gasteiger partial charge is 0.370 e. The minimum Gasteiger partial charge on any atom is -0.370 e. The van der Waals surface area contributed by atoms with E-state index in [4.69, 9.17) is 11.6 Å². The van der Waals surface area contributed by atoms with Crippen LogP contribution >= 0.6 is 19.5 Å². The number of nitrogens with zero attached hydrogens (tertiary/aromatic N) is 4. The number of nitrogens with one attached hydrogen (secondary N) is 2. The van der Waals surface area contributed by atoms with Gasteiger partial charge in [0.25, 0.3) is 0 Å². The zero-order chi connectivity index (χ0) is 26.2. The van der Waals surface area contributed by atoms with Crippen LogP contribution in [0.2, 0.25) is 5.02 Å². The van der Waals surface area contributed by atoms with Gasteiger partial charge in [-0.3, -0.25) is 0 Å². The Labute approximate surface area is 227 Å². The molecule has 1 saturated carbocycles. The van der Waals surface area contributed by atoms with Crippen LogP contribution in [0.15, 0.2) is 48.7 Å². The van der Waals surface area contributed by atoms with Gasteiger partial charge in [0.05, 0.1) is 6.20 Å². The van der Waals surface area contributed by atoms with Gasteiger partial charge in [-0.15, -0.1) is 0 Å². The number of hydrogen-bond acceptors (Lipinski definition) is 6. The highest BCUT2D eigenvalue weighted by molar-refractivity contribution is 7.64. The smallest absolute Gasteiger partial charge is 0.229 e. The van der Waals surface area contributed by atoms with Gasteiger partial charge in [0, 0.05) is 41.6 Å². The van der Waals surface area contributed by atoms with Crippen LogP contribution in [0, 0.1) is 12.3 Å². The summed E-state index contributed by atoms with van der Waals surface area (Å²) in [5, 5.41) is 8.57. The Morgan fingerprint density at radius 2 is 1.78 bits per heavy atom. The lowest BCUT2D eigenvalue weighted by Gasteiger charge is -2.55. The van der Waals surface area contributed by atoms with E-state index in [9.17, 15) is 0 Å². The predicted octanol–water partition coefficient (Wildman–Crippen LogP) is 6.60. The average Bonchev–Trinajstić information content (AvgIpc) is 2.85. The molecule has 37 heavy (non-hydrogen) atoms. The van der Waals surface area contributed by atoms with Crippen LogP contribution in [0.3, 0.4) is 0 Å². The lowest BCUT2D eigenvalue weighted by Crippen LogP contribution is -2.59. The van der Waals surface area contributed by atoms with E-state index >= 15 is 0 Å². The van der Waals surface area contributed by atoms with Crippen LogP contribution in [-0.2, 0) is 0 Å². The fourth-order valence-electron chi connectivity index (χ4n) is 5.81. The fraction of sp³-hybridized carbons (Fsp3) is 0.448. The molecule has 0 radical (unpaired) electrons. The van der Waals surface area contributed by atoms with Gasteiger partial charge in [0.1, 0.15) is 5.02 Å². The van der Waals surface area contributed by atoms with E-state index in [0.717, 1.165) is 17.4 Å². The zero-order valence-corrected chi connectivity index (χ0v) is 24.2. The molecule has 0 amide bonds. The molecule has 1 aliphatic heterocycles. The summed E-state index contributed by atoms with van der Waals surface area (Å²) in [7, 11) is 4.17. The summed E-state index contributed by atoms with van der Waals surface area (Å²) in [5.41, 5.74) is 5.13. The van der Waals surface area contributed by atoms with Gasteiger partial charge in [0.2, 0.25) is 5.95 Å². The number of benzene rings is 2. The minimum absolute atomic E-state index is 0.260. The number of para-hydroxylation sites is 1. The first-order valence-corrected chi connectivity index (χ1v) is 15.7. The molecule has 5 rings (SSSR count). The molecule has 1 aromatic heterocycles. The molecule has 2 aromatic carbocycles.